The molecule has 0 heterocycles. The summed E-state index contributed by atoms with van der Waals surface area (Å²) in [4.78, 5) is 12.6. The van der Waals surface area contributed by atoms with E-state index in [1.54, 1.807) is 6.92 Å². The van der Waals surface area contributed by atoms with Gasteiger partial charge in [0.25, 0.3) is 5.91 Å². The molecule has 3 heteroatoms. The molecule has 0 aliphatic carbocycles. The van der Waals surface area contributed by atoms with Gasteiger partial charge in [0, 0.05) is 0 Å². The van der Waals surface area contributed by atoms with E-state index in [0.29, 0.717) is 5.92 Å². The first kappa shape index (κ1) is 19.0. The molecule has 2 aromatic carbocycles. The van der Waals surface area contributed by atoms with Crippen molar-refractivity contribution in [1.82, 2.24) is 5.32 Å². The third-order valence-electron chi connectivity index (χ3n) is 4.39. The number of nitrogens with one attached hydrogen (secondary N) is 1. The van der Waals surface area contributed by atoms with Gasteiger partial charge in [-0.15, -0.1) is 0 Å². The molecular weight excluding hydrogens is 310 g/mol. The van der Waals surface area contributed by atoms with Crippen LogP contribution in [0.3, 0.4) is 0 Å². The SMILES string of the molecule is Cc1ccc(O[C@@H](C)C(=O)N[C@@H](CC(C)C)c2ccccc2)cc1C. The zero-order valence-electron chi connectivity index (χ0n) is 15.9. The van der Waals surface area contributed by atoms with Crippen molar-refractivity contribution in [3.05, 3.63) is 65.2 Å². The van der Waals surface area contributed by atoms with Crippen LogP contribution in [0.4, 0.5) is 0 Å². The second-order valence-electron chi connectivity index (χ2n) is 7.11. The lowest BCUT2D eigenvalue weighted by Crippen LogP contribution is -2.39. The van der Waals surface area contributed by atoms with E-state index in [1.807, 2.05) is 43.3 Å². The van der Waals surface area contributed by atoms with E-state index in [-0.39, 0.29) is 11.9 Å². The van der Waals surface area contributed by atoms with Crippen molar-refractivity contribution in [2.24, 2.45) is 5.92 Å². The molecular formula is C22H29NO2. The minimum Gasteiger partial charge on any atom is -0.481 e. The zero-order valence-corrected chi connectivity index (χ0v) is 15.9. The Kier molecular flexibility index (Phi) is 6.63. The van der Waals surface area contributed by atoms with Crippen molar-refractivity contribution in [3.8, 4) is 5.75 Å². The molecule has 0 saturated carbocycles. The highest BCUT2D eigenvalue weighted by Gasteiger charge is 2.21. The van der Waals surface area contributed by atoms with Gasteiger partial charge in [-0.3, -0.25) is 4.79 Å². The molecule has 3 nitrogen and oxygen atoms in total. The number of rotatable bonds is 7. The molecule has 0 aromatic heterocycles. The molecule has 1 N–H and O–H groups in total. The number of carbonyl (C=O) groups is 1. The highest BCUT2D eigenvalue weighted by molar-refractivity contribution is 5.81. The Hall–Kier alpha value is -2.29. The maximum absolute atomic E-state index is 12.6. The van der Waals surface area contributed by atoms with E-state index < -0.39 is 6.10 Å². The summed E-state index contributed by atoms with van der Waals surface area (Å²) >= 11 is 0. The number of hydrogen-bond donors (Lipinski definition) is 1. The molecule has 0 unspecified atom stereocenters. The molecule has 0 saturated heterocycles. The molecule has 134 valence electrons. The Morgan fingerprint density at radius 3 is 2.28 bits per heavy atom. The fraction of sp³-hybridized carbons (Fsp3) is 0.409. The Bertz CT molecular complexity index is 694. The molecule has 0 spiro atoms. The maximum atomic E-state index is 12.6. The van der Waals surface area contributed by atoms with Gasteiger partial charge in [-0.2, -0.15) is 0 Å². The van der Waals surface area contributed by atoms with Crippen LogP contribution in [0.15, 0.2) is 48.5 Å². The highest BCUT2D eigenvalue weighted by Crippen LogP contribution is 2.22. The van der Waals surface area contributed by atoms with Gasteiger partial charge in [0.05, 0.1) is 6.04 Å². The third-order valence-corrected chi connectivity index (χ3v) is 4.39. The Morgan fingerprint density at radius 1 is 1.00 bits per heavy atom. The highest BCUT2D eigenvalue weighted by atomic mass is 16.5. The van der Waals surface area contributed by atoms with E-state index in [9.17, 15) is 4.79 Å². The molecule has 0 aliphatic heterocycles. The second kappa shape index (κ2) is 8.70. The maximum Gasteiger partial charge on any atom is 0.261 e. The van der Waals surface area contributed by atoms with E-state index in [2.05, 4.69) is 38.2 Å². The molecule has 2 rings (SSSR count). The quantitative estimate of drug-likeness (QED) is 0.773. The summed E-state index contributed by atoms with van der Waals surface area (Å²) in [5.74, 6) is 1.13. The standard InChI is InChI=1S/C22H29NO2/c1-15(2)13-21(19-9-7-6-8-10-19)23-22(24)18(5)25-20-12-11-16(3)17(4)14-20/h6-12,14-15,18,21H,13H2,1-5H3,(H,23,24)/t18-,21-/m0/s1. The Labute approximate surface area is 151 Å². The van der Waals surface area contributed by atoms with E-state index in [4.69, 9.17) is 4.74 Å². The van der Waals surface area contributed by atoms with Crippen molar-refractivity contribution >= 4 is 5.91 Å². The zero-order chi connectivity index (χ0) is 18.4. The molecule has 0 radical (unpaired) electrons. The van der Waals surface area contributed by atoms with Crippen molar-refractivity contribution < 1.29 is 9.53 Å². The first-order chi connectivity index (χ1) is 11.9. The molecule has 1 amide bonds. The predicted octanol–water partition coefficient (Wildman–Crippen LogP) is 4.97. The second-order valence-corrected chi connectivity index (χ2v) is 7.11. The van der Waals surface area contributed by atoms with Crippen LogP contribution < -0.4 is 10.1 Å². The third kappa shape index (κ3) is 5.63. The fourth-order valence-corrected chi connectivity index (χ4v) is 2.77. The lowest BCUT2D eigenvalue weighted by Gasteiger charge is -2.23. The van der Waals surface area contributed by atoms with Crippen LogP contribution in [-0.2, 0) is 4.79 Å². The van der Waals surface area contributed by atoms with Crippen molar-refractivity contribution in [2.75, 3.05) is 0 Å². The minimum atomic E-state index is -0.541. The number of carbonyl (C=O) groups excluding carboxylic acids is 1. The average Bonchev–Trinajstić information content (AvgIpc) is 2.58. The number of benzene rings is 2. The molecule has 2 aromatic rings. The fourth-order valence-electron chi connectivity index (χ4n) is 2.77. The van der Waals surface area contributed by atoms with Gasteiger partial charge >= 0.3 is 0 Å². The van der Waals surface area contributed by atoms with Crippen LogP contribution in [0.25, 0.3) is 0 Å². The van der Waals surface area contributed by atoms with Crippen molar-refractivity contribution in [1.29, 1.82) is 0 Å². The van der Waals surface area contributed by atoms with Crippen LogP contribution in [0.2, 0.25) is 0 Å². The lowest BCUT2D eigenvalue weighted by molar-refractivity contribution is -0.128. The van der Waals surface area contributed by atoms with Crippen molar-refractivity contribution in [2.45, 2.75) is 53.2 Å². The summed E-state index contributed by atoms with van der Waals surface area (Å²) < 4.78 is 5.84. The minimum absolute atomic E-state index is 0.000459. The van der Waals surface area contributed by atoms with E-state index in [0.717, 1.165) is 23.3 Å². The van der Waals surface area contributed by atoms with Gasteiger partial charge in [0.1, 0.15) is 5.75 Å². The van der Waals surface area contributed by atoms with Crippen LogP contribution in [0, 0.1) is 19.8 Å². The number of ether oxygens (including phenoxy) is 1. The van der Waals surface area contributed by atoms with Gasteiger partial charge in [-0.05, 0) is 61.9 Å². The van der Waals surface area contributed by atoms with Crippen LogP contribution in [-0.4, -0.2) is 12.0 Å². The molecule has 0 aliphatic rings. The summed E-state index contributed by atoms with van der Waals surface area (Å²) in [6.45, 7) is 10.2. The Balaban J connectivity index is 2.05. The monoisotopic (exact) mass is 339 g/mol. The topological polar surface area (TPSA) is 38.3 Å². The number of amides is 1. The number of aryl methyl sites for hydroxylation is 2. The first-order valence-corrected chi connectivity index (χ1v) is 8.96. The molecule has 0 fully saturated rings. The summed E-state index contributed by atoms with van der Waals surface area (Å²) in [7, 11) is 0. The van der Waals surface area contributed by atoms with Gasteiger partial charge in [0.15, 0.2) is 6.10 Å². The van der Waals surface area contributed by atoms with Gasteiger partial charge in [-0.25, -0.2) is 0 Å². The summed E-state index contributed by atoms with van der Waals surface area (Å²) in [6, 6.07) is 16.0. The summed E-state index contributed by atoms with van der Waals surface area (Å²) in [5.41, 5.74) is 3.50. The van der Waals surface area contributed by atoms with E-state index in [1.165, 1.54) is 5.56 Å². The van der Waals surface area contributed by atoms with Gasteiger partial charge in [-0.1, -0.05) is 50.2 Å². The van der Waals surface area contributed by atoms with Crippen LogP contribution in [0.5, 0.6) is 5.75 Å². The summed E-state index contributed by atoms with van der Waals surface area (Å²) in [6.07, 6.45) is 0.354. The van der Waals surface area contributed by atoms with Crippen LogP contribution in [0.1, 0.15) is 49.9 Å². The van der Waals surface area contributed by atoms with Gasteiger partial charge in [0.2, 0.25) is 0 Å². The molecule has 2 atom stereocenters. The van der Waals surface area contributed by atoms with Gasteiger partial charge < -0.3 is 10.1 Å². The lowest BCUT2D eigenvalue weighted by atomic mass is 9.97. The van der Waals surface area contributed by atoms with Crippen molar-refractivity contribution in [3.63, 3.8) is 0 Å². The normalized spacial score (nSPS) is 13.4. The first-order valence-electron chi connectivity index (χ1n) is 8.96. The number of hydrogen-bond acceptors (Lipinski definition) is 2. The largest absolute Gasteiger partial charge is 0.481 e. The summed E-state index contributed by atoms with van der Waals surface area (Å²) in [5, 5.41) is 3.15. The van der Waals surface area contributed by atoms with E-state index >= 15 is 0 Å². The van der Waals surface area contributed by atoms with Crippen LogP contribution >= 0.6 is 0 Å². The molecule has 25 heavy (non-hydrogen) atoms. The average molecular weight is 339 g/mol. The predicted molar refractivity (Wildman–Crippen MR) is 103 cm³/mol. The Morgan fingerprint density at radius 2 is 1.68 bits per heavy atom. The smallest absolute Gasteiger partial charge is 0.261 e. The molecule has 0 bridgehead atoms.